The number of hydrogen-bond donors (Lipinski definition) is 2. The largest absolute Gasteiger partial charge is 0.389 e. The molecule has 0 radical (unpaired) electrons. The van der Waals surface area contributed by atoms with Gasteiger partial charge in [-0.3, -0.25) is 9.78 Å². The molecule has 0 spiro atoms. The van der Waals surface area contributed by atoms with Gasteiger partial charge >= 0.3 is 0 Å². The van der Waals surface area contributed by atoms with Crippen LogP contribution in [0.25, 0.3) is 0 Å². The number of nitrogens with one attached hydrogen (secondary N) is 1. The molecule has 0 fully saturated rings. The van der Waals surface area contributed by atoms with E-state index in [4.69, 9.17) is 22.7 Å². The van der Waals surface area contributed by atoms with Crippen molar-refractivity contribution in [3.05, 3.63) is 29.6 Å². The number of carbonyl (C=O) groups is 1. The van der Waals surface area contributed by atoms with Crippen LogP contribution in [0.5, 0.6) is 0 Å². The van der Waals surface area contributed by atoms with Gasteiger partial charge in [-0.1, -0.05) is 19.1 Å². The lowest BCUT2D eigenvalue weighted by Crippen LogP contribution is -2.26. The smallest absolute Gasteiger partial charge is 0.269 e. The zero-order chi connectivity index (χ0) is 14.1. The number of hydrogen-bond acceptors (Lipinski definition) is 4. The molecule has 104 valence electrons. The van der Waals surface area contributed by atoms with Crippen LogP contribution in [-0.2, 0) is 4.74 Å². The minimum Gasteiger partial charge on any atom is -0.389 e. The Morgan fingerprint density at radius 2 is 2.26 bits per heavy atom. The second-order valence-electron chi connectivity index (χ2n) is 4.02. The van der Waals surface area contributed by atoms with E-state index in [1.165, 1.54) is 6.20 Å². The second kappa shape index (κ2) is 8.55. The summed E-state index contributed by atoms with van der Waals surface area (Å²) >= 11 is 4.81. The van der Waals surface area contributed by atoms with Gasteiger partial charge in [0.25, 0.3) is 5.91 Å². The van der Waals surface area contributed by atoms with Gasteiger partial charge in [-0.2, -0.15) is 0 Å². The van der Waals surface area contributed by atoms with E-state index in [9.17, 15) is 4.79 Å². The normalized spacial score (nSPS) is 10.2. The summed E-state index contributed by atoms with van der Waals surface area (Å²) in [5, 5.41) is 2.78. The van der Waals surface area contributed by atoms with E-state index in [-0.39, 0.29) is 10.9 Å². The predicted molar refractivity (Wildman–Crippen MR) is 78.2 cm³/mol. The maximum atomic E-state index is 11.7. The van der Waals surface area contributed by atoms with Gasteiger partial charge in [0.15, 0.2) is 0 Å². The fourth-order valence-corrected chi connectivity index (χ4v) is 1.51. The van der Waals surface area contributed by atoms with Crippen molar-refractivity contribution in [1.82, 2.24) is 10.3 Å². The van der Waals surface area contributed by atoms with E-state index in [0.717, 1.165) is 19.4 Å². The summed E-state index contributed by atoms with van der Waals surface area (Å²) in [4.78, 5) is 16.0. The van der Waals surface area contributed by atoms with Crippen LogP contribution in [0.4, 0.5) is 0 Å². The third-order valence-corrected chi connectivity index (χ3v) is 2.62. The fraction of sp³-hybridized carbons (Fsp3) is 0.462. The van der Waals surface area contributed by atoms with Gasteiger partial charge in [-0.05, 0) is 25.0 Å². The van der Waals surface area contributed by atoms with E-state index in [2.05, 4.69) is 17.2 Å². The van der Waals surface area contributed by atoms with Crippen molar-refractivity contribution in [2.45, 2.75) is 19.8 Å². The molecule has 1 amide bonds. The molecule has 0 saturated carbocycles. The van der Waals surface area contributed by atoms with Crippen molar-refractivity contribution < 1.29 is 9.53 Å². The summed E-state index contributed by atoms with van der Waals surface area (Å²) in [6.45, 7) is 4.04. The molecular weight excluding hydrogens is 262 g/mol. The van der Waals surface area contributed by atoms with Crippen molar-refractivity contribution in [1.29, 1.82) is 0 Å². The molecule has 0 aliphatic rings. The van der Waals surface area contributed by atoms with Gasteiger partial charge in [-0.15, -0.1) is 0 Å². The van der Waals surface area contributed by atoms with E-state index >= 15 is 0 Å². The maximum absolute atomic E-state index is 11.7. The van der Waals surface area contributed by atoms with Crippen molar-refractivity contribution >= 4 is 23.1 Å². The van der Waals surface area contributed by atoms with Crippen LogP contribution in [0.3, 0.4) is 0 Å². The quantitative estimate of drug-likeness (QED) is 0.554. The molecule has 19 heavy (non-hydrogen) atoms. The minimum atomic E-state index is -0.204. The number of aromatic nitrogens is 1. The van der Waals surface area contributed by atoms with Gasteiger partial charge in [-0.25, -0.2) is 0 Å². The SMILES string of the molecule is CCCOCCCNC(=O)c1ccc(C(N)=S)cn1. The Kier molecular flexibility index (Phi) is 6.99. The molecule has 0 saturated heterocycles. The molecule has 1 aromatic heterocycles. The number of nitrogens with two attached hydrogens (primary N) is 1. The molecule has 1 aromatic rings. The highest BCUT2D eigenvalue weighted by Gasteiger charge is 2.06. The lowest BCUT2D eigenvalue weighted by atomic mass is 10.2. The lowest BCUT2D eigenvalue weighted by Gasteiger charge is -2.05. The summed E-state index contributed by atoms with van der Waals surface area (Å²) in [5.74, 6) is -0.204. The van der Waals surface area contributed by atoms with E-state index in [1.54, 1.807) is 12.1 Å². The molecule has 5 nitrogen and oxygen atoms in total. The van der Waals surface area contributed by atoms with Crippen LogP contribution in [0.15, 0.2) is 18.3 Å². The molecule has 1 heterocycles. The average Bonchev–Trinajstić information content (AvgIpc) is 2.42. The van der Waals surface area contributed by atoms with Crippen molar-refractivity contribution in [3.63, 3.8) is 0 Å². The standard InChI is InChI=1S/C13H19N3O2S/c1-2-7-18-8-3-6-15-13(17)11-5-4-10(9-16-11)12(14)19/h4-5,9H,2-3,6-8H2,1H3,(H2,14,19)(H,15,17). The van der Waals surface area contributed by atoms with Gasteiger partial charge in [0.05, 0.1) is 0 Å². The summed E-state index contributed by atoms with van der Waals surface area (Å²) in [6.07, 6.45) is 3.30. The minimum absolute atomic E-state index is 0.204. The zero-order valence-corrected chi connectivity index (χ0v) is 11.8. The van der Waals surface area contributed by atoms with Crippen LogP contribution < -0.4 is 11.1 Å². The first kappa shape index (κ1) is 15.5. The Balaban J connectivity index is 2.31. The summed E-state index contributed by atoms with van der Waals surface area (Å²) in [7, 11) is 0. The zero-order valence-electron chi connectivity index (χ0n) is 11.0. The number of thiocarbonyl (C=S) groups is 1. The third kappa shape index (κ3) is 5.76. The summed E-state index contributed by atoms with van der Waals surface area (Å²) < 4.78 is 5.32. The molecule has 1 rings (SSSR count). The second-order valence-corrected chi connectivity index (χ2v) is 4.46. The highest BCUT2D eigenvalue weighted by molar-refractivity contribution is 7.80. The molecular formula is C13H19N3O2S. The van der Waals surface area contributed by atoms with E-state index in [0.29, 0.717) is 24.4 Å². The maximum Gasteiger partial charge on any atom is 0.269 e. The highest BCUT2D eigenvalue weighted by atomic mass is 32.1. The monoisotopic (exact) mass is 281 g/mol. The number of pyridine rings is 1. The molecule has 0 aliphatic carbocycles. The predicted octanol–water partition coefficient (Wildman–Crippen LogP) is 1.26. The van der Waals surface area contributed by atoms with Crippen LogP contribution in [0.1, 0.15) is 35.8 Å². The molecule has 0 atom stereocenters. The molecule has 0 unspecified atom stereocenters. The molecule has 3 N–H and O–H groups in total. The van der Waals surface area contributed by atoms with Gasteiger partial charge in [0.1, 0.15) is 10.7 Å². The topological polar surface area (TPSA) is 77.2 Å². The Hall–Kier alpha value is -1.53. The summed E-state index contributed by atoms with van der Waals surface area (Å²) in [5.41, 5.74) is 6.46. The molecule has 0 aliphatic heterocycles. The number of rotatable bonds is 8. The lowest BCUT2D eigenvalue weighted by molar-refractivity contribution is 0.0936. The first-order chi connectivity index (χ1) is 9.15. The molecule has 0 bridgehead atoms. The number of amides is 1. The highest BCUT2D eigenvalue weighted by Crippen LogP contribution is 2.00. The van der Waals surface area contributed by atoms with Crippen LogP contribution in [0.2, 0.25) is 0 Å². The molecule has 0 aromatic carbocycles. The van der Waals surface area contributed by atoms with Gasteiger partial charge < -0.3 is 15.8 Å². The summed E-state index contributed by atoms with van der Waals surface area (Å²) in [6, 6.07) is 3.30. The fourth-order valence-electron chi connectivity index (χ4n) is 1.39. The van der Waals surface area contributed by atoms with Crippen molar-refractivity contribution in [2.75, 3.05) is 19.8 Å². The van der Waals surface area contributed by atoms with E-state index < -0.39 is 0 Å². The van der Waals surface area contributed by atoms with Crippen LogP contribution in [0, 0.1) is 0 Å². The Labute approximate surface area is 118 Å². The number of nitrogens with zero attached hydrogens (tertiary/aromatic N) is 1. The Morgan fingerprint density at radius 1 is 1.47 bits per heavy atom. The Bertz CT molecular complexity index is 420. The van der Waals surface area contributed by atoms with Crippen molar-refractivity contribution in [3.8, 4) is 0 Å². The van der Waals surface area contributed by atoms with Crippen LogP contribution >= 0.6 is 12.2 Å². The van der Waals surface area contributed by atoms with E-state index in [1.807, 2.05) is 0 Å². The van der Waals surface area contributed by atoms with Crippen molar-refractivity contribution in [2.24, 2.45) is 5.73 Å². The Morgan fingerprint density at radius 3 is 2.84 bits per heavy atom. The third-order valence-electron chi connectivity index (χ3n) is 2.38. The van der Waals surface area contributed by atoms with Gasteiger partial charge in [0.2, 0.25) is 0 Å². The average molecular weight is 281 g/mol. The first-order valence-electron chi connectivity index (χ1n) is 6.27. The number of carbonyl (C=O) groups excluding carboxylic acids is 1. The van der Waals surface area contributed by atoms with Gasteiger partial charge in [0, 0.05) is 31.5 Å². The number of ether oxygens (including phenoxy) is 1. The molecule has 6 heteroatoms. The first-order valence-corrected chi connectivity index (χ1v) is 6.67. The van der Waals surface area contributed by atoms with Crippen LogP contribution in [-0.4, -0.2) is 35.6 Å².